The number of unbranched alkanes of at least 4 members (excludes halogenated alkanes) is 1. The van der Waals surface area contributed by atoms with Gasteiger partial charge < -0.3 is 0 Å². The summed E-state index contributed by atoms with van der Waals surface area (Å²) < 4.78 is 0. The quantitative estimate of drug-likeness (QED) is 0.629. The van der Waals surface area contributed by atoms with Crippen molar-refractivity contribution < 1.29 is 0 Å². The molecule has 0 amide bonds. The molecule has 1 rings (SSSR count). The van der Waals surface area contributed by atoms with Crippen molar-refractivity contribution in [2.24, 2.45) is 11.8 Å². The first-order valence-electron chi connectivity index (χ1n) is 6.84. The molecule has 17 heavy (non-hydrogen) atoms. The van der Waals surface area contributed by atoms with Crippen LogP contribution in [0.4, 0.5) is 0 Å². The maximum atomic E-state index is 2.44. The van der Waals surface area contributed by atoms with Crippen LogP contribution in [0.3, 0.4) is 0 Å². The van der Waals surface area contributed by atoms with Crippen molar-refractivity contribution in [3.63, 3.8) is 0 Å². The summed E-state index contributed by atoms with van der Waals surface area (Å²) in [6.45, 7) is 11.4. The second-order valence-electron chi connectivity index (χ2n) is 5.30. The molecule has 0 nitrogen and oxygen atoms in total. The van der Waals surface area contributed by atoms with Crippen molar-refractivity contribution in [3.8, 4) is 0 Å². The first-order chi connectivity index (χ1) is 8.07. The third kappa shape index (κ3) is 3.73. The average Bonchev–Trinajstić information content (AvgIpc) is 2.31. The highest BCUT2D eigenvalue weighted by molar-refractivity contribution is 5.69. The minimum atomic E-state index is 0.627. The van der Waals surface area contributed by atoms with E-state index in [0.717, 1.165) is 0 Å². The topological polar surface area (TPSA) is 0 Å². The molecule has 0 saturated heterocycles. The van der Waals surface area contributed by atoms with Crippen LogP contribution >= 0.6 is 0 Å². The first-order valence-corrected chi connectivity index (χ1v) is 6.84. The van der Waals surface area contributed by atoms with E-state index in [4.69, 9.17) is 0 Å². The van der Waals surface area contributed by atoms with E-state index in [1.807, 2.05) is 0 Å². The highest BCUT2D eigenvalue weighted by Gasteiger charge is 2.15. The fourth-order valence-corrected chi connectivity index (χ4v) is 2.10. The zero-order chi connectivity index (χ0) is 12.8. The maximum absolute atomic E-state index is 2.44. The summed E-state index contributed by atoms with van der Waals surface area (Å²) in [5, 5.41) is 0. The Morgan fingerprint density at radius 3 is 2.35 bits per heavy atom. The minimum Gasteiger partial charge on any atom is -0.0804 e. The fourth-order valence-electron chi connectivity index (χ4n) is 2.10. The molecule has 0 N–H and O–H groups in total. The Labute approximate surface area is 107 Å². The monoisotopic (exact) mass is 230 g/mol. The predicted octanol–water partition coefficient (Wildman–Crippen LogP) is 5.47. The summed E-state index contributed by atoms with van der Waals surface area (Å²) in [7, 11) is 0. The summed E-state index contributed by atoms with van der Waals surface area (Å²) >= 11 is 0. The first kappa shape index (κ1) is 14.0. The molecule has 0 spiro atoms. The van der Waals surface area contributed by atoms with Crippen LogP contribution < -0.4 is 0 Å². The van der Waals surface area contributed by atoms with Crippen molar-refractivity contribution in [2.75, 3.05) is 0 Å². The van der Waals surface area contributed by atoms with Gasteiger partial charge in [0, 0.05) is 0 Å². The average molecular weight is 230 g/mol. The van der Waals surface area contributed by atoms with E-state index in [-0.39, 0.29) is 0 Å². The predicted molar refractivity (Wildman–Crippen MR) is 78.1 cm³/mol. The van der Waals surface area contributed by atoms with Crippen LogP contribution in [-0.2, 0) is 0 Å². The second-order valence-corrected chi connectivity index (χ2v) is 5.30. The molecule has 0 radical (unpaired) electrons. The van der Waals surface area contributed by atoms with Crippen LogP contribution in [0, 0.1) is 18.8 Å². The molecule has 0 saturated carbocycles. The molecule has 0 aliphatic carbocycles. The molecule has 0 aromatic heterocycles. The largest absolute Gasteiger partial charge is 0.0804 e. The van der Waals surface area contributed by atoms with Crippen molar-refractivity contribution >= 4 is 5.57 Å². The molecule has 1 atom stereocenters. The molecular weight excluding hydrogens is 204 g/mol. The van der Waals surface area contributed by atoms with E-state index in [9.17, 15) is 0 Å². The van der Waals surface area contributed by atoms with Crippen LogP contribution in [0.1, 0.15) is 51.7 Å². The Morgan fingerprint density at radius 2 is 1.82 bits per heavy atom. The van der Waals surface area contributed by atoms with E-state index in [0.29, 0.717) is 11.8 Å². The number of hydrogen-bond acceptors (Lipinski definition) is 0. The second kappa shape index (κ2) is 6.64. The standard InChI is InChI=1S/C17H26/c1-6-7-11-17(15(5)13(2)3)16-12-9-8-10-14(16)4/h8-13,15H,6-7H2,1-5H3/t15-/m0/s1. The molecule has 0 unspecified atom stereocenters. The van der Waals surface area contributed by atoms with Gasteiger partial charge in [0.1, 0.15) is 0 Å². The highest BCUT2D eigenvalue weighted by Crippen LogP contribution is 2.31. The van der Waals surface area contributed by atoms with Crippen molar-refractivity contribution in [1.82, 2.24) is 0 Å². The van der Waals surface area contributed by atoms with E-state index in [1.165, 1.54) is 29.5 Å². The molecule has 0 heterocycles. The zero-order valence-electron chi connectivity index (χ0n) is 12.0. The molecule has 0 heteroatoms. The Hall–Kier alpha value is -1.04. The van der Waals surface area contributed by atoms with Gasteiger partial charge in [-0.1, -0.05) is 64.5 Å². The minimum absolute atomic E-state index is 0.627. The van der Waals surface area contributed by atoms with Gasteiger partial charge in [-0.25, -0.2) is 0 Å². The lowest BCUT2D eigenvalue weighted by Gasteiger charge is -2.22. The normalized spacial score (nSPS) is 14.1. The van der Waals surface area contributed by atoms with Gasteiger partial charge in [0.05, 0.1) is 0 Å². The van der Waals surface area contributed by atoms with E-state index >= 15 is 0 Å². The van der Waals surface area contributed by atoms with Crippen molar-refractivity contribution in [3.05, 3.63) is 41.5 Å². The highest BCUT2D eigenvalue weighted by atomic mass is 14.2. The van der Waals surface area contributed by atoms with Gasteiger partial charge in [0.25, 0.3) is 0 Å². The Balaban J connectivity index is 3.11. The Kier molecular flexibility index (Phi) is 5.47. The SMILES string of the molecule is CCCC=C(c1ccccc1C)[C@@H](C)C(C)C. The lowest BCUT2D eigenvalue weighted by molar-refractivity contribution is 0.517. The van der Waals surface area contributed by atoms with E-state index < -0.39 is 0 Å². The van der Waals surface area contributed by atoms with Crippen LogP contribution in [0.5, 0.6) is 0 Å². The molecule has 1 aromatic rings. The third-order valence-corrected chi connectivity index (χ3v) is 3.60. The fraction of sp³-hybridized carbons (Fsp3) is 0.529. The summed E-state index contributed by atoms with van der Waals surface area (Å²) in [6.07, 6.45) is 4.84. The Bertz CT molecular complexity index is 371. The molecular formula is C17H26. The molecule has 0 bridgehead atoms. The maximum Gasteiger partial charge on any atom is -0.0164 e. The summed E-state index contributed by atoms with van der Waals surface area (Å²) in [4.78, 5) is 0. The van der Waals surface area contributed by atoms with Gasteiger partial charge in [-0.05, 0) is 41.9 Å². The number of aryl methyl sites for hydroxylation is 1. The Morgan fingerprint density at radius 1 is 1.18 bits per heavy atom. The molecule has 0 aliphatic rings. The third-order valence-electron chi connectivity index (χ3n) is 3.60. The van der Waals surface area contributed by atoms with Gasteiger partial charge >= 0.3 is 0 Å². The summed E-state index contributed by atoms with van der Waals surface area (Å²) in [5.74, 6) is 1.32. The lowest BCUT2D eigenvalue weighted by Crippen LogP contribution is -2.07. The molecule has 0 fully saturated rings. The van der Waals surface area contributed by atoms with Crippen molar-refractivity contribution in [2.45, 2.75) is 47.5 Å². The van der Waals surface area contributed by atoms with Crippen LogP contribution in [0.15, 0.2) is 30.3 Å². The number of hydrogen-bond donors (Lipinski definition) is 0. The molecule has 1 aromatic carbocycles. The van der Waals surface area contributed by atoms with Gasteiger partial charge in [-0.15, -0.1) is 0 Å². The van der Waals surface area contributed by atoms with Gasteiger partial charge in [-0.3, -0.25) is 0 Å². The van der Waals surface area contributed by atoms with Gasteiger partial charge in [0.2, 0.25) is 0 Å². The van der Waals surface area contributed by atoms with E-state index in [1.54, 1.807) is 0 Å². The van der Waals surface area contributed by atoms with Crippen LogP contribution in [0.25, 0.3) is 5.57 Å². The molecule has 94 valence electrons. The number of allylic oxidation sites excluding steroid dienone is 2. The van der Waals surface area contributed by atoms with E-state index in [2.05, 4.69) is 65.0 Å². The van der Waals surface area contributed by atoms with Gasteiger partial charge in [-0.2, -0.15) is 0 Å². The summed E-state index contributed by atoms with van der Waals surface area (Å²) in [6, 6.07) is 8.74. The molecule has 0 aliphatic heterocycles. The van der Waals surface area contributed by atoms with Crippen LogP contribution in [0.2, 0.25) is 0 Å². The van der Waals surface area contributed by atoms with Gasteiger partial charge in [0.15, 0.2) is 0 Å². The zero-order valence-corrected chi connectivity index (χ0v) is 12.0. The summed E-state index contributed by atoms with van der Waals surface area (Å²) in [5.41, 5.74) is 4.35. The van der Waals surface area contributed by atoms with Crippen molar-refractivity contribution in [1.29, 1.82) is 0 Å². The smallest absolute Gasteiger partial charge is 0.0164 e. The lowest BCUT2D eigenvalue weighted by atomic mass is 9.83. The number of rotatable bonds is 5. The number of benzene rings is 1. The van der Waals surface area contributed by atoms with Crippen LogP contribution in [-0.4, -0.2) is 0 Å².